The van der Waals surface area contributed by atoms with Crippen molar-refractivity contribution in [1.82, 2.24) is 39.0 Å². The second-order valence-corrected chi connectivity index (χ2v) is 17.1. The van der Waals surface area contributed by atoms with Crippen LogP contribution in [0.3, 0.4) is 0 Å². The third kappa shape index (κ3) is 5.31. The summed E-state index contributed by atoms with van der Waals surface area (Å²) in [6.07, 6.45) is 17.9. The quantitative estimate of drug-likeness (QED) is 0.158. The van der Waals surface area contributed by atoms with Gasteiger partial charge in [-0.05, 0) is 83.8 Å². The second-order valence-electron chi connectivity index (χ2n) is 17.1. The molecule has 0 saturated heterocycles. The summed E-state index contributed by atoms with van der Waals surface area (Å²) < 4.78 is 9.95. The van der Waals surface area contributed by atoms with E-state index in [9.17, 15) is 4.79 Å². The maximum Gasteiger partial charge on any atom is 0.306 e. The largest absolute Gasteiger partial charge is 0.464 e. The molecular weight excluding hydrogens is 658 g/mol. The van der Waals surface area contributed by atoms with Gasteiger partial charge in [-0.1, -0.05) is 0 Å². The lowest BCUT2D eigenvalue weighted by molar-refractivity contribution is -0.200. The van der Waals surface area contributed by atoms with Crippen LogP contribution in [0.5, 0.6) is 0 Å². The van der Waals surface area contributed by atoms with Gasteiger partial charge in [-0.25, -0.2) is 19.9 Å². The molecule has 0 aliphatic heterocycles. The summed E-state index contributed by atoms with van der Waals surface area (Å²) in [7, 11) is 0. The highest BCUT2D eigenvalue weighted by Crippen LogP contribution is 2.73. The van der Waals surface area contributed by atoms with E-state index in [-0.39, 0.29) is 41.2 Å². The number of aliphatic hydroxyl groups excluding tert-OH is 1. The lowest BCUT2D eigenvalue weighted by atomic mass is 9.38. The van der Waals surface area contributed by atoms with Crippen LogP contribution in [-0.2, 0) is 20.6 Å². The van der Waals surface area contributed by atoms with Crippen LogP contribution in [0.25, 0.3) is 44.1 Å². The summed E-state index contributed by atoms with van der Waals surface area (Å²) in [5.74, 6) is -0.195. The number of nitrogens with two attached hydrogens (primary N) is 1. The number of fused-ring (bicyclic) bond motifs is 6. The molecule has 6 aliphatic rings. The van der Waals surface area contributed by atoms with Gasteiger partial charge in [0.2, 0.25) is 0 Å². The molecule has 6 aromatic heterocycles. The van der Waals surface area contributed by atoms with Crippen molar-refractivity contribution >= 4 is 50.1 Å². The third-order valence-electron chi connectivity index (χ3n) is 11.5. The Morgan fingerprint density at radius 1 is 0.846 bits per heavy atom. The zero-order valence-corrected chi connectivity index (χ0v) is 29.9. The fraction of sp³-hybridized carbons (Fsp3) is 0.500. The number of pyridine rings is 2. The number of rotatable bonds is 7. The molecule has 0 aromatic carbocycles. The van der Waals surface area contributed by atoms with E-state index >= 15 is 0 Å². The molecule has 6 aromatic rings. The summed E-state index contributed by atoms with van der Waals surface area (Å²) in [5, 5.41) is 27.8. The van der Waals surface area contributed by atoms with Gasteiger partial charge in [0.05, 0.1) is 77.6 Å². The Bertz CT molecular complexity index is 2410. The van der Waals surface area contributed by atoms with Crippen LogP contribution in [0.1, 0.15) is 72.6 Å². The Kier molecular flexibility index (Phi) is 7.38. The molecule has 268 valence electrons. The van der Waals surface area contributed by atoms with E-state index in [0.29, 0.717) is 6.42 Å². The number of esters is 1. The number of nitrogens with zero attached hydrogens (tertiary/aromatic N) is 8. The van der Waals surface area contributed by atoms with Crippen molar-refractivity contribution in [3.05, 3.63) is 49.6 Å². The van der Waals surface area contributed by atoms with E-state index in [4.69, 9.17) is 26.1 Å². The number of hydrogen-bond acceptors (Lipinski definition) is 10. The monoisotopic (exact) mass is 701 g/mol. The normalized spacial score (nSPS) is 26.8. The average molecular weight is 702 g/mol. The molecule has 52 heavy (non-hydrogen) atoms. The Morgan fingerprint density at radius 2 is 1.33 bits per heavy atom. The maximum atomic E-state index is 12.2. The minimum absolute atomic E-state index is 0.0504. The summed E-state index contributed by atoms with van der Waals surface area (Å²) in [6, 6.07) is 8.21. The zero-order chi connectivity index (χ0) is 36.7. The van der Waals surface area contributed by atoms with Crippen LogP contribution in [-0.4, -0.2) is 68.9 Å². The van der Waals surface area contributed by atoms with E-state index in [1.807, 2.05) is 43.4 Å². The van der Waals surface area contributed by atoms with Crippen LogP contribution < -0.4 is 5.73 Å². The number of aromatic nitrogens is 8. The number of nitrogens with one attached hydrogen (secondary N) is 2. The fourth-order valence-electron chi connectivity index (χ4n) is 8.87. The predicted molar refractivity (Wildman–Crippen MR) is 193 cm³/mol. The van der Waals surface area contributed by atoms with E-state index in [1.165, 1.54) is 5.52 Å². The van der Waals surface area contributed by atoms with E-state index < -0.39 is 10.8 Å². The van der Waals surface area contributed by atoms with Gasteiger partial charge < -0.3 is 34.7 Å². The minimum atomic E-state index is -0.637. The standard InChI is InChI=1S/C20H21N5O2.C13H13N5.C5H9NO/c1-18(2,10-21)11-27-15(26)5-19-7-20(8-19,9-19)25-12-24-14-6-23-17-13(16(14)25)3-4-22-17;14-12-4-13(5-12,6-12)18-7-17-9-3-16-11-8(10(9)18)1-2-15-11;1-5(2,3-6)4-7/h3-4,6,12H,5,7-9,11H2,1-2H3,(H,22,23);1-3,7H,4-6,14H2,(H,15,16);7H,4H2,1-2H3. The molecule has 14 nitrogen and oxygen atoms in total. The number of carbonyl (C=O) groups is 1. The molecule has 5 N–H and O–H groups in total. The number of ether oxygens (including phenoxy) is 1. The van der Waals surface area contributed by atoms with Crippen LogP contribution >= 0.6 is 0 Å². The number of aromatic amines is 2. The van der Waals surface area contributed by atoms with Crippen molar-refractivity contribution in [3.63, 3.8) is 0 Å². The van der Waals surface area contributed by atoms with E-state index in [1.54, 1.807) is 33.9 Å². The highest BCUT2D eigenvalue weighted by atomic mass is 16.5. The number of nitriles is 2. The molecule has 6 aliphatic carbocycles. The van der Waals surface area contributed by atoms with Crippen molar-refractivity contribution in [3.8, 4) is 12.1 Å². The highest BCUT2D eigenvalue weighted by Gasteiger charge is 2.70. The molecule has 12 rings (SSSR count). The second kappa shape index (κ2) is 11.3. The molecule has 0 unspecified atom stereocenters. The Labute approximate surface area is 300 Å². The lowest BCUT2D eigenvalue weighted by Crippen LogP contribution is -2.76. The first-order chi connectivity index (χ1) is 24.7. The lowest BCUT2D eigenvalue weighted by Gasteiger charge is -2.70. The number of aliphatic hydroxyl groups is 1. The maximum absolute atomic E-state index is 12.2. The molecule has 6 heterocycles. The number of hydrogen-bond donors (Lipinski definition) is 4. The first kappa shape index (κ1) is 33.8. The minimum Gasteiger partial charge on any atom is -0.464 e. The molecular formula is C38H43N11O3. The summed E-state index contributed by atoms with van der Waals surface area (Å²) in [5.41, 5.74) is 11.4. The van der Waals surface area contributed by atoms with Crippen molar-refractivity contribution in [2.45, 2.75) is 89.3 Å². The molecule has 4 bridgehead atoms. The van der Waals surface area contributed by atoms with Gasteiger partial charge in [0.25, 0.3) is 0 Å². The smallest absolute Gasteiger partial charge is 0.306 e. The SMILES string of the molecule is CC(C)(C#N)CO.CC(C)(C#N)COC(=O)CC12CC(n3cnc4cnc5[nH]ccc5c43)(C1)C2.NC12CC(n3cnc4cnc5[nH]ccc5c43)(C1)C2. The van der Waals surface area contributed by atoms with Crippen molar-refractivity contribution in [2.75, 3.05) is 13.2 Å². The molecule has 6 fully saturated rings. The fourth-order valence-corrected chi connectivity index (χ4v) is 8.87. The van der Waals surface area contributed by atoms with Crippen molar-refractivity contribution in [1.29, 1.82) is 10.5 Å². The summed E-state index contributed by atoms with van der Waals surface area (Å²) >= 11 is 0. The molecule has 0 spiro atoms. The highest BCUT2D eigenvalue weighted by molar-refractivity contribution is 6.02. The average Bonchev–Trinajstić information content (AvgIpc) is 3.88. The van der Waals surface area contributed by atoms with Gasteiger partial charge in [-0.15, -0.1) is 0 Å². The van der Waals surface area contributed by atoms with Crippen molar-refractivity contribution < 1.29 is 14.6 Å². The first-order valence-corrected chi connectivity index (χ1v) is 17.6. The van der Waals surface area contributed by atoms with Crippen molar-refractivity contribution in [2.24, 2.45) is 22.0 Å². The van der Waals surface area contributed by atoms with E-state index in [2.05, 4.69) is 51.2 Å². The van der Waals surface area contributed by atoms with Gasteiger partial charge in [0.1, 0.15) is 28.9 Å². The Balaban J connectivity index is 0.000000132. The van der Waals surface area contributed by atoms with Gasteiger partial charge in [-0.3, -0.25) is 4.79 Å². The summed E-state index contributed by atoms with van der Waals surface area (Å²) in [6.45, 7) is 7.01. The van der Waals surface area contributed by atoms with Gasteiger partial charge in [0, 0.05) is 34.2 Å². The van der Waals surface area contributed by atoms with Crippen LogP contribution in [0.15, 0.2) is 49.6 Å². The van der Waals surface area contributed by atoms with Crippen LogP contribution in [0.2, 0.25) is 0 Å². The number of carbonyl (C=O) groups excluding carboxylic acids is 1. The zero-order valence-electron chi connectivity index (χ0n) is 29.9. The van der Waals surface area contributed by atoms with Crippen LogP contribution in [0, 0.1) is 38.9 Å². The number of imidazole rings is 2. The first-order valence-electron chi connectivity index (χ1n) is 17.6. The molecule has 0 atom stereocenters. The predicted octanol–water partition coefficient (Wildman–Crippen LogP) is 5.31. The van der Waals surface area contributed by atoms with Crippen LogP contribution in [0.4, 0.5) is 0 Å². The summed E-state index contributed by atoms with van der Waals surface area (Å²) in [4.78, 5) is 36.3. The molecule has 6 saturated carbocycles. The van der Waals surface area contributed by atoms with Gasteiger partial charge in [-0.2, -0.15) is 10.5 Å². The van der Waals surface area contributed by atoms with Gasteiger partial charge in [0.15, 0.2) is 0 Å². The number of H-pyrrole nitrogens is 2. The Morgan fingerprint density at radius 3 is 1.75 bits per heavy atom. The van der Waals surface area contributed by atoms with Gasteiger partial charge >= 0.3 is 5.97 Å². The molecule has 14 heteroatoms. The molecule has 0 radical (unpaired) electrons. The third-order valence-corrected chi connectivity index (χ3v) is 11.5. The topological polar surface area (TPSA) is 213 Å². The van der Waals surface area contributed by atoms with E-state index in [0.717, 1.165) is 77.1 Å². The molecule has 0 amide bonds. The Hall–Kier alpha value is -5.31.